The highest BCUT2D eigenvalue weighted by Gasteiger charge is 2.04. The first kappa shape index (κ1) is 26.5. The zero-order valence-electron chi connectivity index (χ0n) is 21.5. The summed E-state index contributed by atoms with van der Waals surface area (Å²) in [5.41, 5.74) is 7.62. The van der Waals surface area contributed by atoms with Crippen molar-refractivity contribution in [3.63, 3.8) is 0 Å². The third-order valence-electron chi connectivity index (χ3n) is 5.97. The lowest BCUT2D eigenvalue weighted by molar-refractivity contribution is 0.607. The molecule has 3 aromatic carbocycles. The Hall–Kier alpha value is -2.80. The van der Waals surface area contributed by atoms with Crippen LogP contribution < -0.4 is 4.90 Å². The fourth-order valence-corrected chi connectivity index (χ4v) is 3.82. The Bertz CT molecular complexity index is 918. The molecule has 0 bridgehead atoms. The number of benzene rings is 3. The first-order chi connectivity index (χ1) is 16.2. The maximum atomic E-state index is 2.29. The molecule has 0 fully saturated rings. The minimum Gasteiger partial charge on any atom is -0.345 e. The molecular weight excluding hydrogens is 398 g/mol. The molecule has 0 aliphatic carbocycles. The van der Waals surface area contributed by atoms with Crippen molar-refractivity contribution in [2.75, 3.05) is 11.9 Å². The van der Waals surface area contributed by atoms with Gasteiger partial charge >= 0.3 is 0 Å². The fraction of sp³-hybridized carbons (Fsp3) is 0.375. The van der Waals surface area contributed by atoms with Gasteiger partial charge in [0.05, 0.1) is 0 Å². The molecule has 0 aliphatic heterocycles. The van der Waals surface area contributed by atoms with Gasteiger partial charge in [-0.3, -0.25) is 0 Å². The molecule has 0 heterocycles. The van der Waals surface area contributed by atoms with Crippen molar-refractivity contribution < 1.29 is 0 Å². The smallest absolute Gasteiger partial charge is 0.0408 e. The zero-order valence-corrected chi connectivity index (χ0v) is 21.5. The number of anilines is 2. The van der Waals surface area contributed by atoms with Gasteiger partial charge in [0.15, 0.2) is 0 Å². The minimum absolute atomic E-state index is 1.19. The Morgan fingerprint density at radius 2 is 1.06 bits per heavy atom. The van der Waals surface area contributed by atoms with Gasteiger partial charge in [-0.15, -0.1) is 0 Å². The summed E-state index contributed by atoms with van der Waals surface area (Å²) in [7, 11) is 2.14. The van der Waals surface area contributed by atoms with Crippen LogP contribution in [0, 0.1) is 6.92 Å². The van der Waals surface area contributed by atoms with E-state index in [9.17, 15) is 0 Å². The lowest BCUT2D eigenvalue weighted by Gasteiger charge is -2.20. The van der Waals surface area contributed by atoms with Gasteiger partial charge in [0, 0.05) is 18.4 Å². The molecule has 176 valence electrons. The summed E-state index contributed by atoms with van der Waals surface area (Å²) in [5.74, 6) is 0. The molecule has 0 saturated heterocycles. The van der Waals surface area contributed by atoms with Gasteiger partial charge in [-0.05, 0) is 60.7 Å². The van der Waals surface area contributed by atoms with Crippen molar-refractivity contribution in [1.29, 1.82) is 0 Å². The number of hydrogen-bond acceptors (Lipinski definition) is 1. The van der Waals surface area contributed by atoms with E-state index in [1.165, 1.54) is 78.6 Å². The molecule has 0 spiro atoms. The van der Waals surface area contributed by atoms with Crippen LogP contribution in [0.1, 0.15) is 81.5 Å². The Labute approximate surface area is 203 Å². The molecule has 33 heavy (non-hydrogen) atoms. The van der Waals surface area contributed by atoms with E-state index in [1.807, 2.05) is 13.8 Å². The van der Waals surface area contributed by atoms with Crippen LogP contribution in [-0.2, 0) is 6.42 Å². The molecule has 0 saturated carbocycles. The monoisotopic (exact) mass is 441 g/mol. The second kappa shape index (κ2) is 15.1. The van der Waals surface area contributed by atoms with Crippen LogP contribution >= 0.6 is 0 Å². The van der Waals surface area contributed by atoms with Crippen molar-refractivity contribution in [3.8, 4) is 0 Å². The second-order valence-electron chi connectivity index (χ2n) is 8.58. The van der Waals surface area contributed by atoms with E-state index in [0.29, 0.717) is 0 Å². The third kappa shape index (κ3) is 9.30. The molecule has 0 aromatic heterocycles. The van der Waals surface area contributed by atoms with Gasteiger partial charge in [-0.2, -0.15) is 0 Å². The summed E-state index contributed by atoms with van der Waals surface area (Å²) in [6, 6.07) is 26.4. The predicted molar refractivity (Wildman–Crippen MR) is 149 cm³/mol. The summed E-state index contributed by atoms with van der Waals surface area (Å²) in [6.45, 7) is 8.39. The van der Waals surface area contributed by atoms with Gasteiger partial charge in [0.2, 0.25) is 0 Å². The third-order valence-corrected chi connectivity index (χ3v) is 5.97. The molecule has 0 N–H and O–H groups in total. The molecule has 1 heteroatoms. The fourth-order valence-electron chi connectivity index (χ4n) is 3.82. The minimum atomic E-state index is 1.19. The number of aryl methyl sites for hydroxylation is 2. The lowest BCUT2D eigenvalue weighted by Crippen LogP contribution is -2.09. The topological polar surface area (TPSA) is 3.24 Å². The van der Waals surface area contributed by atoms with Crippen LogP contribution in [0.25, 0.3) is 12.2 Å². The highest BCUT2D eigenvalue weighted by molar-refractivity contribution is 5.71. The van der Waals surface area contributed by atoms with Crippen LogP contribution in [0.15, 0.2) is 72.8 Å². The highest BCUT2D eigenvalue weighted by atomic mass is 15.1. The highest BCUT2D eigenvalue weighted by Crippen LogP contribution is 2.25. The van der Waals surface area contributed by atoms with E-state index in [4.69, 9.17) is 0 Å². The van der Waals surface area contributed by atoms with Gasteiger partial charge in [0.1, 0.15) is 0 Å². The van der Waals surface area contributed by atoms with Gasteiger partial charge in [-0.1, -0.05) is 119 Å². The Morgan fingerprint density at radius 1 is 0.606 bits per heavy atom. The van der Waals surface area contributed by atoms with E-state index >= 15 is 0 Å². The molecular formula is C32H43N. The van der Waals surface area contributed by atoms with E-state index in [2.05, 4.69) is 111 Å². The van der Waals surface area contributed by atoms with Gasteiger partial charge in [-0.25, -0.2) is 0 Å². The quantitative estimate of drug-likeness (QED) is 0.211. The average molecular weight is 442 g/mol. The van der Waals surface area contributed by atoms with E-state index < -0.39 is 0 Å². The molecule has 0 amide bonds. The maximum Gasteiger partial charge on any atom is 0.0408 e. The largest absolute Gasteiger partial charge is 0.345 e. The zero-order chi connectivity index (χ0) is 23.9. The first-order valence-corrected chi connectivity index (χ1v) is 12.8. The summed E-state index contributed by atoms with van der Waals surface area (Å²) < 4.78 is 0. The summed E-state index contributed by atoms with van der Waals surface area (Å²) >= 11 is 0. The number of hydrogen-bond donors (Lipinski definition) is 0. The molecule has 3 aromatic rings. The normalized spacial score (nSPS) is 10.7. The van der Waals surface area contributed by atoms with Crippen molar-refractivity contribution in [3.05, 3.63) is 95.1 Å². The predicted octanol–water partition coefficient (Wildman–Crippen LogP) is 9.86. The molecule has 1 nitrogen and oxygen atoms in total. The molecule has 0 radical (unpaired) electrons. The van der Waals surface area contributed by atoms with Crippen molar-refractivity contribution >= 4 is 23.5 Å². The van der Waals surface area contributed by atoms with Crippen molar-refractivity contribution in [1.82, 2.24) is 0 Å². The van der Waals surface area contributed by atoms with Gasteiger partial charge in [0.25, 0.3) is 0 Å². The van der Waals surface area contributed by atoms with Crippen LogP contribution in [0.3, 0.4) is 0 Å². The molecule has 0 atom stereocenters. The van der Waals surface area contributed by atoms with E-state index in [-0.39, 0.29) is 0 Å². The van der Waals surface area contributed by atoms with Crippen LogP contribution in [0.2, 0.25) is 0 Å². The SMILES string of the molecule is CC.CCCCCCCCc1ccc(N(C)c2ccc(/C=C/c3ccc(C)cc3)cc2)cc1. The van der Waals surface area contributed by atoms with Crippen LogP contribution in [0.5, 0.6) is 0 Å². The standard InChI is InChI=1S/C30H37N.C2H6/c1-4-5-6-7-8-9-10-26-17-21-29(22-18-26)31(3)30-23-19-28(20-24-30)16-15-27-13-11-25(2)12-14-27;1-2/h11-24H,4-10H2,1-3H3;1-2H3/b16-15+;. The number of unbranched alkanes of at least 4 members (excludes halogenated alkanes) is 5. The first-order valence-electron chi connectivity index (χ1n) is 12.8. The van der Waals surface area contributed by atoms with Crippen molar-refractivity contribution in [2.45, 2.75) is 72.6 Å². The Balaban J connectivity index is 0.00000187. The van der Waals surface area contributed by atoms with E-state index in [1.54, 1.807) is 0 Å². The Morgan fingerprint density at radius 3 is 1.61 bits per heavy atom. The average Bonchev–Trinajstić information content (AvgIpc) is 2.87. The molecule has 0 unspecified atom stereocenters. The summed E-state index contributed by atoms with van der Waals surface area (Å²) in [6.07, 6.45) is 13.7. The number of nitrogens with zero attached hydrogens (tertiary/aromatic N) is 1. The molecule has 0 aliphatic rings. The summed E-state index contributed by atoms with van der Waals surface area (Å²) in [4.78, 5) is 2.25. The van der Waals surface area contributed by atoms with Gasteiger partial charge < -0.3 is 4.90 Å². The Kier molecular flexibility index (Phi) is 12.1. The second-order valence-corrected chi connectivity index (χ2v) is 8.58. The van der Waals surface area contributed by atoms with E-state index in [0.717, 1.165) is 0 Å². The maximum absolute atomic E-state index is 2.29. The lowest BCUT2D eigenvalue weighted by atomic mass is 10.0. The summed E-state index contributed by atoms with van der Waals surface area (Å²) in [5, 5.41) is 0. The van der Waals surface area contributed by atoms with Crippen LogP contribution in [-0.4, -0.2) is 7.05 Å². The molecule has 3 rings (SSSR count). The van der Waals surface area contributed by atoms with Crippen molar-refractivity contribution in [2.24, 2.45) is 0 Å². The number of rotatable bonds is 11. The van der Waals surface area contributed by atoms with Crippen LogP contribution in [0.4, 0.5) is 11.4 Å².